The zero-order valence-electron chi connectivity index (χ0n) is 22.7. The molecule has 3 amide bonds. The van der Waals surface area contributed by atoms with Crippen LogP contribution in [0.15, 0.2) is 65.4 Å². The van der Waals surface area contributed by atoms with E-state index in [1.165, 1.54) is 11.3 Å². The van der Waals surface area contributed by atoms with E-state index in [0.717, 1.165) is 16.9 Å². The van der Waals surface area contributed by atoms with E-state index in [9.17, 15) is 14.4 Å². The van der Waals surface area contributed by atoms with Crippen molar-refractivity contribution in [2.45, 2.75) is 64.8 Å². The minimum atomic E-state index is -0.637. The Hall–Kier alpha value is -3.37. The molecule has 0 saturated carbocycles. The van der Waals surface area contributed by atoms with Gasteiger partial charge in [0.25, 0.3) is 5.91 Å². The summed E-state index contributed by atoms with van der Waals surface area (Å²) in [5.74, 6) is -0.0720. The van der Waals surface area contributed by atoms with Gasteiger partial charge in [0.05, 0.1) is 11.4 Å². The molecule has 8 nitrogen and oxygen atoms in total. The summed E-state index contributed by atoms with van der Waals surface area (Å²) in [6.45, 7) is 6.89. The van der Waals surface area contributed by atoms with Crippen LogP contribution < -0.4 is 10.6 Å². The Morgan fingerprint density at radius 3 is 2.33 bits per heavy atom. The SMILES string of the molecule is CC(C)(C)OC(=O)NC(CCCCNC(=O)OCc1ccccc1)CN(Cc1cccs1)C(=O)c1cccs1. The molecule has 0 radical (unpaired) electrons. The van der Waals surface area contributed by atoms with Crippen LogP contribution in [0.1, 0.15) is 60.1 Å². The average molecular weight is 572 g/mol. The number of ether oxygens (including phenoxy) is 2. The van der Waals surface area contributed by atoms with Gasteiger partial charge in [-0.3, -0.25) is 4.79 Å². The molecule has 0 bridgehead atoms. The average Bonchev–Trinajstić information content (AvgIpc) is 3.60. The first-order valence-corrected chi connectivity index (χ1v) is 14.7. The zero-order valence-corrected chi connectivity index (χ0v) is 24.3. The molecule has 2 aromatic heterocycles. The van der Waals surface area contributed by atoms with Crippen LogP contribution in [0.25, 0.3) is 0 Å². The van der Waals surface area contributed by atoms with Gasteiger partial charge in [-0.05, 0) is 68.5 Å². The highest BCUT2D eigenvalue weighted by Gasteiger charge is 2.25. The third kappa shape index (κ3) is 11.5. The maximum absolute atomic E-state index is 13.3. The predicted octanol–water partition coefficient (Wildman–Crippen LogP) is 6.44. The minimum absolute atomic E-state index is 0.0720. The number of hydrogen-bond acceptors (Lipinski definition) is 7. The molecule has 39 heavy (non-hydrogen) atoms. The van der Waals surface area contributed by atoms with E-state index >= 15 is 0 Å². The van der Waals surface area contributed by atoms with E-state index in [1.54, 1.807) is 16.2 Å². The molecule has 0 spiro atoms. The summed E-state index contributed by atoms with van der Waals surface area (Å²) in [6.07, 6.45) is 1.04. The Kier molecular flexibility index (Phi) is 11.8. The topological polar surface area (TPSA) is 97.0 Å². The molecule has 1 atom stereocenters. The van der Waals surface area contributed by atoms with Gasteiger partial charge in [0.2, 0.25) is 0 Å². The fourth-order valence-electron chi connectivity index (χ4n) is 3.80. The first-order chi connectivity index (χ1) is 18.7. The Morgan fingerprint density at radius 1 is 0.923 bits per heavy atom. The van der Waals surface area contributed by atoms with Crippen LogP contribution in [0.5, 0.6) is 0 Å². The highest BCUT2D eigenvalue weighted by molar-refractivity contribution is 7.12. The molecule has 1 aromatic carbocycles. The number of amides is 3. The lowest BCUT2D eigenvalue weighted by Gasteiger charge is -2.29. The number of thiophene rings is 2. The first-order valence-electron chi connectivity index (χ1n) is 13.0. The second kappa shape index (κ2) is 15.3. The van der Waals surface area contributed by atoms with Crippen molar-refractivity contribution < 1.29 is 23.9 Å². The minimum Gasteiger partial charge on any atom is -0.445 e. The molecular weight excluding hydrogens is 534 g/mol. The van der Waals surface area contributed by atoms with Gasteiger partial charge in [-0.1, -0.05) is 42.5 Å². The molecule has 0 saturated heterocycles. The van der Waals surface area contributed by atoms with Gasteiger partial charge < -0.3 is 25.0 Å². The van der Waals surface area contributed by atoms with Crippen molar-refractivity contribution in [2.75, 3.05) is 13.1 Å². The van der Waals surface area contributed by atoms with Crippen molar-refractivity contribution in [2.24, 2.45) is 0 Å². The van der Waals surface area contributed by atoms with Gasteiger partial charge in [0, 0.05) is 24.0 Å². The summed E-state index contributed by atoms with van der Waals surface area (Å²) in [7, 11) is 0. The number of nitrogens with zero attached hydrogens (tertiary/aromatic N) is 1. The molecule has 0 fully saturated rings. The molecule has 0 aliphatic heterocycles. The molecule has 3 rings (SSSR count). The van der Waals surface area contributed by atoms with Gasteiger partial charge in [-0.25, -0.2) is 9.59 Å². The predicted molar refractivity (Wildman–Crippen MR) is 155 cm³/mol. The Balaban J connectivity index is 1.55. The van der Waals surface area contributed by atoms with Crippen molar-refractivity contribution in [1.29, 1.82) is 0 Å². The summed E-state index contributed by atoms with van der Waals surface area (Å²) in [5.41, 5.74) is 0.287. The Bertz CT molecular complexity index is 1150. The molecule has 3 aromatic rings. The third-order valence-electron chi connectivity index (χ3n) is 5.57. The van der Waals surface area contributed by atoms with Crippen LogP contribution in [-0.2, 0) is 22.6 Å². The van der Waals surface area contributed by atoms with E-state index in [1.807, 2.05) is 86.1 Å². The second-order valence-corrected chi connectivity index (χ2v) is 12.0. The summed E-state index contributed by atoms with van der Waals surface area (Å²) in [6, 6.07) is 16.8. The van der Waals surface area contributed by atoms with E-state index in [-0.39, 0.29) is 18.6 Å². The van der Waals surface area contributed by atoms with Gasteiger partial charge in [-0.2, -0.15) is 0 Å². The smallest absolute Gasteiger partial charge is 0.407 e. The Morgan fingerprint density at radius 2 is 1.67 bits per heavy atom. The van der Waals surface area contributed by atoms with E-state index < -0.39 is 17.8 Å². The molecule has 210 valence electrons. The van der Waals surface area contributed by atoms with Crippen molar-refractivity contribution in [3.05, 3.63) is 80.7 Å². The lowest BCUT2D eigenvalue weighted by Crippen LogP contribution is -2.47. The van der Waals surface area contributed by atoms with Crippen molar-refractivity contribution in [3.63, 3.8) is 0 Å². The molecule has 2 N–H and O–H groups in total. The zero-order chi connectivity index (χ0) is 28.1. The number of benzene rings is 1. The van der Waals surface area contributed by atoms with Gasteiger partial charge >= 0.3 is 12.2 Å². The monoisotopic (exact) mass is 571 g/mol. The van der Waals surface area contributed by atoms with Crippen LogP contribution in [0.4, 0.5) is 9.59 Å². The molecule has 0 aliphatic carbocycles. The van der Waals surface area contributed by atoms with Crippen LogP contribution >= 0.6 is 22.7 Å². The molecular formula is C29H37N3O5S2. The maximum Gasteiger partial charge on any atom is 0.407 e. The summed E-state index contributed by atoms with van der Waals surface area (Å²) < 4.78 is 10.7. The summed E-state index contributed by atoms with van der Waals surface area (Å²) >= 11 is 2.99. The molecule has 2 heterocycles. The van der Waals surface area contributed by atoms with Gasteiger partial charge in [-0.15, -0.1) is 22.7 Å². The van der Waals surface area contributed by atoms with Gasteiger partial charge in [0.15, 0.2) is 0 Å². The molecule has 0 aliphatic rings. The lowest BCUT2D eigenvalue weighted by molar-refractivity contribution is 0.0473. The van der Waals surface area contributed by atoms with E-state index in [2.05, 4.69) is 10.6 Å². The van der Waals surface area contributed by atoms with Gasteiger partial charge in [0.1, 0.15) is 12.2 Å². The third-order valence-corrected chi connectivity index (χ3v) is 7.29. The highest BCUT2D eigenvalue weighted by atomic mass is 32.1. The van der Waals surface area contributed by atoms with E-state index in [4.69, 9.17) is 9.47 Å². The fourth-order valence-corrected chi connectivity index (χ4v) is 5.21. The van der Waals surface area contributed by atoms with E-state index in [0.29, 0.717) is 37.4 Å². The number of hydrogen-bond donors (Lipinski definition) is 2. The standard InChI is InChI=1S/C29H37N3O5S2/c1-29(2,3)37-28(35)31-23(13-7-8-16-30-27(34)36-21-22-11-5-4-6-12-22)19-32(20-24-14-9-17-38-24)26(33)25-15-10-18-39-25/h4-6,9-12,14-15,17-18,23H,7-8,13,16,19-21H2,1-3H3,(H,30,34)(H,31,35). The van der Waals surface area contributed by atoms with Crippen LogP contribution in [0.2, 0.25) is 0 Å². The normalized spacial score (nSPS) is 11.9. The number of carbonyl (C=O) groups excluding carboxylic acids is 3. The molecule has 10 heteroatoms. The quantitative estimate of drug-likeness (QED) is 0.230. The van der Waals surface area contributed by atoms with Crippen molar-refractivity contribution >= 4 is 40.8 Å². The number of nitrogens with one attached hydrogen (secondary N) is 2. The maximum atomic E-state index is 13.3. The summed E-state index contributed by atoms with van der Waals surface area (Å²) in [4.78, 5) is 41.5. The summed E-state index contributed by atoms with van der Waals surface area (Å²) in [5, 5.41) is 9.60. The largest absolute Gasteiger partial charge is 0.445 e. The first kappa shape index (κ1) is 30.2. The van der Waals surface area contributed by atoms with Crippen LogP contribution in [0.3, 0.4) is 0 Å². The van der Waals surface area contributed by atoms with Crippen LogP contribution in [0, 0.1) is 0 Å². The fraction of sp³-hybridized carbons (Fsp3) is 0.414. The Labute approximate surface area is 238 Å². The lowest BCUT2D eigenvalue weighted by atomic mass is 10.1. The number of carbonyl (C=O) groups is 3. The van der Waals surface area contributed by atoms with Crippen LogP contribution in [-0.4, -0.2) is 47.7 Å². The number of alkyl carbamates (subject to hydrolysis) is 2. The van der Waals surface area contributed by atoms with Crippen molar-refractivity contribution in [1.82, 2.24) is 15.5 Å². The second-order valence-electron chi connectivity index (χ2n) is 10.1. The number of rotatable bonds is 13. The number of unbranched alkanes of at least 4 members (excludes halogenated alkanes) is 1. The van der Waals surface area contributed by atoms with Crippen molar-refractivity contribution in [3.8, 4) is 0 Å². The highest BCUT2D eigenvalue weighted by Crippen LogP contribution is 2.19. The molecule has 1 unspecified atom stereocenters.